The van der Waals surface area contributed by atoms with E-state index in [1.54, 1.807) is 0 Å². The fraction of sp³-hybridized carbons (Fsp3) is 0.462. The van der Waals surface area contributed by atoms with Crippen molar-refractivity contribution in [2.24, 2.45) is 5.41 Å². The molecule has 23 heavy (non-hydrogen) atoms. The van der Waals surface area contributed by atoms with Gasteiger partial charge < -0.3 is 5.11 Å². The van der Waals surface area contributed by atoms with Crippen molar-refractivity contribution in [3.63, 3.8) is 0 Å². The van der Waals surface area contributed by atoms with Gasteiger partial charge in [0, 0.05) is 19.2 Å². The summed E-state index contributed by atoms with van der Waals surface area (Å²) in [5.41, 5.74) is -2.13. The standard InChI is InChI=1S/C13H15FN2O6S/c1-8-10(14)5-9(6-11(8)16(19)20)23(21,22)15-4-3-13(2,7-15)12(17)18/h5-6H,3-4,7H2,1-2H3,(H,17,18). The SMILES string of the molecule is Cc1c(F)cc(S(=O)(=O)N2CCC(C)(C(=O)O)C2)cc1[N+](=O)[O-]. The number of nitro groups is 1. The topological polar surface area (TPSA) is 118 Å². The minimum Gasteiger partial charge on any atom is -0.481 e. The van der Waals surface area contributed by atoms with Crippen LogP contribution in [0, 0.1) is 28.3 Å². The van der Waals surface area contributed by atoms with Crippen molar-refractivity contribution < 1.29 is 27.6 Å². The lowest BCUT2D eigenvalue weighted by molar-refractivity contribution is -0.385. The third kappa shape index (κ3) is 2.91. The van der Waals surface area contributed by atoms with Crippen LogP contribution in [0.4, 0.5) is 10.1 Å². The maximum atomic E-state index is 13.8. The molecule has 1 heterocycles. The van der Waals surface area contributed by atoms with Crippen LogP contribution < -0.4 is 0 Å². The van der Waals surface area contributed by atoms with Gasteiger partial charge in [0.1, 0.15) is 5.82 Å². The van der Waals surface area contributed by atoms with Crippen LogP contribution in [0.15, 0.2) is 17.0 Å². The molecule has 1 fully saturated rings. The van der Waals surface area contributed by atoms with Gasteiger partial charge in [0.15, 0.2) is 0 Å². The number of benzene rings is 1. The Morgan fingerprint density at radius 1 is 1.48 bits per heavy atom. The van der Waals surface area contributed by atoms with Gasteiger partial charge in [-0.05, 0) is 26.3 Å². The second kappa shape index (κ2) is 5.53. The molecule has 0 saturated carbocycles. The number of sulfonamides is 1. The zero-order valence-corrected chi connectivity index (χ0v) is 13.3. The lowest BCUT2D eigenvalue weighted by atomic mass is 9.90. The molecule has 0 spiro atoms. The summed E-state index contributed by atoms with van der Waals surface area (Å²) in [7, 11) is -4.21. The summed E-state index contributed by atoms with van der Waals surface area (Å²) in [6.45, 7) is 2.28. The van der Waals surface area contributed by atoms with Gasteiger partial charge in [-0.1, -0.05) is 0 Å². The van der Waals surface area contributed by atoms with Crippen molar-refractivity contribution >= 4 is 21.7 Å². The fourth-order valence-corrected chi connectivity index (χ4v) is 4.02. The highest BCUT2D eigenvalue weighted by Gasteiger charge is 2.45. The summed E-state index contributed by atoms with van der Waals surface area (Å²) in [4.78, 5) is 20.7. The molecule has 1 unspecified atom stereocenters. The van der Waals surface area contributed by atoms with Crippen molar-refractivity contribution in [1.29, 1.82) is 0 Å². The lowest BCUT2D eigenvalue weighted by Crippen LogP contribution is -2.35. The Kier molecular flexibility index (Phi) is 4.16. The Bertz CT molecular complexity index is 794. The highest BCUT2D eigenvalue weighted by atomic mass is 32.2. The van der Waals surface area contributed by atoms with Crippen LogP contribution in [0.5, 0.6) is 0 Å². The molecule has 1 aromatic rings. The first kappa shape index (κ1) is 17.3. The average molecular weight is 346 g/mol. The Hall–Kier alpha value is -2.07. The Morgan fingerprint density at radius 3 is 2.57 bits per heavy atom. The predicted octanol–water partition coefficient (Wildman–Crippen LogP) is 1.53. The van der Waals surface area contributed by atoms with E-state index < -0.39 is 42.7 Å². The number of nitro benzene ring substituents is 1. The zero-order valence-electron chi connectivity index (χ0n) is 12.4. The Labute approximate surface area is 131 Å². The molecule has 126 valence electrons. The third-order valence-electron chi connectivity index (χ3n) is 4.08. The van der Waals surface area contributed by atoms with Gasteiger partial charge >= 0.3 is 5.97 Å². The van der Waals surface area contributed by atoms with Crippen LogP contribution in [0.25, 0.3) is 0 Å². The minimum absolute atomic E-state index is 0.0472. The summed E-state index contributed by atoms with van der Waals surface area (Å²) >= 11 is 0. The number of carboxylic acid groups (broad SMARTS) is 1. The van der Waals surface area contributed by atoms with Crippen molar-refractivity contribution in [3.8, 4) is 0 Å². The Balaban J connectivity index is 2.46. The van der Waals surface area contributed by atoms with Gasteiger partial charge in [0.25, 0.3) is 5.69 Å². The summed E-state index contributed by atoms with van der Waals surface area (Å²) in [6, 6.07) is 1.51. The number of carboxylic acids is 1. The van der Waals surface area contributed by atoms with Gasteiger partial charge in [0.05, 0.1) is 20.8 Å². The van der Waals surface area contributed by atoms with E-state index in [0.717, 1.165) is 10.4 Å². The molecular weight excluding hydrogens is 331 g/mol. The van der Waals surface area contributed by atoms with Crippen LogP contribution in [-0.4, -0.2) is 41.8 Å². The molecule has 0 aromatic heterocycles. The number of hydrogen-bond donors (Lipinski definition) is 1. The highest BCUT2D eigenvalue weighted by molar-refractivity contribution is 7.89. The number of hydrogen-bond acceptors (Lipinski definition) is 5. The number of carbonyl (C=O) groups is 1. The van der Waals surface area contributed by atoms with Crippen LogP contribution in [0.1, 0.15) is 18.9 Å². The molecular formula is C13H15FN2O6S. The lowest BCUT2D eigenvalue weighted by Gasteiger charge is -2.20. The van der Waals surface area contributed by atoms with Crippen LogP contribution in [-0.2, 0) is 14.8 Å². The molecule has 1 aliphatic heterocycles. The summed E-state index contributed by atoms with van der Waals surface area (Å²) < 4.78 is 39.8. The largest absolute Gasteiger partial charge is 0.481 e. The first-order chi connectivity index (χ1) is 10.5. The normalized spacial score (nSPS) is 22.2. The van der Waals surface area contributed by atoms with Gasteiger partial charge in [-0.2, -0.15) is 4.31 Å². The molecule has 1 aromatic carbocycles. The van der Waals surface area contributed by atoms with Crippen molar-refractivity contribution in [3.05, 3.63) is 33.6 Å². The van der Waals surface area contributed by atoms with Crippen molar-refractivity contribution in [1.82, 2.24) is 4.31 Å². The van der Waals surface area contributed by atoms with E-state index in [-0.39, 0.29) is 25.1 Å². The van der Waals surface area contributed by atoms with Gasteiger partial charge in [-0.25, -0.2) is 12.8 Å². The molecule has 0 amide bonds. The van der Waals surface area contributed by atoms with E-state index in [1.165, 1.54) is 13.8 Å². The predicted molar refractivity (Wildman–Crippen MR) is 76.9 cm³/mol. The van der Waals surface area contributed by atoms with Gasteiger partial charge in [-0.3, -0.25) is 14.9 Å². The molecule has 1 N–H and O–H groups in total. The number of aliphatic carboxylic acids is 1. The van der Waals surface area contributed by atoms with Crippen LogP contribution in [0.2, 0.25) is 0 Å². The second-order valence-corrected chi connectivity index (χ2v) is 7.70. The summed E-state index contributed by atoms with van der Waals surface area (Å²) in [6.07, 6.45) is 0.109. The summed E-state index contributed by atoms with van der Waals surface area (Å²) in [5.74, 6) is -2.13. The maximum absolute atomic E-state index is 13.8. The van der Waals surface area contributed by atoms with Gasteiger partial charge in [0.2, 0.25) is 10.0 Å². The molecule has 8 nitrogen and oxygen atoms in total. The third-order valence-corrected chi connectivity index (χ3v) is 5.90. The number of halogens is 1. The van der Waals surface area contributed by atoms with E-state index in [2.05, 4.69) is 0 Å². The molecule has 1 aliphatic rings. The smallest absolute Gasteiger partial charge is 0.310 e. The van der Waals surface area contributed by atoms with E-state index in [1.807, 2.05) is 0 Å². The first-order valence-electron chi connectivity index (χ1n) is 6.67. The molecule has 10 heteroatoms. The Morgan fingerprint density at radius 2 is 2.09 bits per heavy atom. The van der Waals surface area contributed by atoms with Crippen molar-refractivity contribution in [2.45, 2.75) is 25.2 Å². The number of nitrogens with zero attached hydrogens (tertiary/aromatic N) is 2. The van der Waals surface area contributed by atoms with Crippen molar-refractivity contribution in [2.75, 3.05) is 13.1 Å². The fourth-order valence-electron chi connectivity index (χ4n) is 2.43. The van der Waals surface area contributed by atoms with E-state index >= 15 is 0 Å². The highest BCUT2D eigenvalue weighted by Crippen LogP contribution is 2.35. The molecule has 0 radical (unpaired) electrons. The second-order valence-electron chi connectivity index (χ2n) is 5.76. The van der Waals surface area contributed by atoms with E-state index in [0.29, 0.717) is 6.07 Å². The molecule has 1 saturated heterocycles. The molecule has 1 atom stereocenters. The molecule has 0 aliphatic carbocycles. The maximum Gasteiger partial charge on any atom is 0.310 e. The van der Waals surface area contributed by atoms with Crippen LogP contribution in [0.3, 0.4) is 0 Å². The van der Waals surface area contributed by atoms with Crippen LogP contribution >= 0.6 is 0 Å². The first-order valence-corrected chi connectivity index (χ1v) is 8.11. The van der Waals surface area contributed by atoms with E-state index in [4.69, 9.17) is 5.11 Å². The zero-order chi connectivity index (χ0) is 17.6. The molecule has 0 bridgehead atoms. The summed E-state index contributed by atoms with van der Waals surface area (Å²) in [5, 5.41) is 20.1. The monoisotopic (exact) mass is 346 g/mol. The average Bonchev–Trinajstić information content (AvgIpc) is 2.86. The van der Waals surface area contributed by atoms with E-state index in [9.17, 15) is 27.7 Å². The van der Waals surface area contributed by atoms with Gasteiger partial charge in [-0.15, -0.1) is 0 Å². The molecule has 2 rings (SSSR count). The minimum atomic E-state index is -4.21. The quantitative estimate of drug-likeness (QED) is 0.652. The number of rotatable bonds is 4.